The van der Waals surface area contributed by atoms with E-state index in [4.69, 9.17) is 14.4 Å². The SMILES string of the molecule is CC(O)c1nccn1Cc1cc(-c2ccc(C#Cc3ccc(CN4CCOC(C(=O)O)C4)cc3)cc2)on1. The smallest absolute Gasteiger partial charge is 0.334 e. The Bertz CT molecular complexity index is 1440. The highest BCUT2D eigenvalue weighted by molar-refractivity contribution is 5.72. The number of carbonyl (C=O) groups is 1. The fourth-order valence-electron chi connectivity index (χ4n) is 4.33. The van der Waals surface area contributed by atoms with E-state index in [0.717, 1.165) is 27.9 Å². The molecule has 9 heteroatoms. The molecule has 0 radical (unpaired) electrons. The van der Waals surface area contributed by atoms with Crippen molar-refractivity contribution in [2.24, 2.45) is 0 Å². The Kier molecular flexibility index (Phi) is 7.65. The number of rotatable bonds is 7. The molecular weight excluding hydrogens is 484 g/mol. The Labute approximate surface area is 220 Å². The average Bonchev–Trinajstić information content (AvgIpc) is 3.59. The average molecular weight is 513 g/mol. The van der Waals surface area contributed by atoms with Gasteiger partial charge in [0.25, 0.3) is 0 Å². The van der Waals surface area contributed by atoms with Crippen LogP contribution in [0.5, 0.6) is 0 Å². The highest BCUT2D eigenvalue weighted by Crippen LogP contribution is 2.22. The van der Waals surface area contributed by atoms with Crippen molar-refractivity contribution in [1.82, 2.24) is 19.6 Å². The van der Waals surface area contributed by atoms with Gasteiger partial charge in [0.2, 0.25) is 0 Å². The zero-order chi connectivity index (χ0) is 26.5. The van der Waals surface area contributed by atoms with E-state index in [2.05, 4.69) is 26.9 Å². The summed E-state index contributed by atoms with van der Waals surface area (Å²) in [5.41, 5.74) is 4.52. The molecule has 9 nitrogen and oxygen atoms in total. The second-order valence-electron chi connectivity index (χ2n) is 9.23. The number of benzene rings is 2. The Hall–Kier alpha value is -4.23. The topological polar surface area (TPSA) is 114 Å². The van der Waals surface area contributed by atoms with Gasteiger partial charge in [0.05, 0.1) is 13.2 Å². The minimum atomic E-state index is -0.920. The minimum absolute atomic E-state index is 0.386. The lowest BCUT2D eigenvalue weighted by Crippen LogP contribution is -2.45. The van der Waals surface area contributed by atoms with Crippen LogP contribution in [0.25, 0.3) is 11.3 Å². The molecule has 2 N–H and O–H groups in total. The Balaban J connectivity index is 1.18. The number of aliphatic hydroxyl groups is 1. The van der Waals surface area contributed by atoms with Crippen LogP contribution in [0.15, 0.2) is 71.5 Å². The van der Waals surface area contributed by atoms with Gasteiger partial charge in [0.1, 0.15) is 17.6 Å². The van der Waals surface area contributed by atoms with Gasteiger partial charge >= 0.3 is 5.97 Å². The molecule has 2 aromatic carbocycles. The van der Waals surface area contributed by atoms with Gasteiger partial charge in [-0.2, -0.15) is 0 Å². The summed E-state index contributed by atoms with van der Waals surface area (Å²) < 4.78 is 12.7. The van der Waals surface area contributed by atoms with Gasteiger partial charge in [-0.15, -0.1) is 0 Å². The van der Waals surface area contributed by atoms with Gasteiger partial charge in [-0.1, -0.05) is 29.1 Å². The van der Waals surface area contributed by atoms with E-state index >= 15 is 0 Å². The summed E-state index contributed by atoms with van der Waals surface area (Å²) in [6.07, 6.45) is 2.03. The molecule has 1 saturated heterocycles. The quantitative estimate of drug-likeness (QED) is 0.363. The van der Waals surface area contributed by atoms with Gasteiger partial charge in [0.15, 0.2) is 11.9 Å². The van der Waals surface area contributed by atoms with Crippen LogP contribution in [-0.2, 0) is 22.6 Å². The van der Waals surface area contributed by atoms with Crippen molar-refractivity contribution >= 4 is 5.97 Å². The van der Waals surface area contributed by atoms with Crippen molar-refractivity contribution < 1.29 is 24.3 Å². The molecule has 0 spiro atoms. The number of ether oxygens (including phenoxy) is 1. The summed E-state index contributed by atoms with van der Waals surface area (Å²) >= 11 is 0. The maximum absolute atomic E-state index is 11.2. The third kappa shape index (κ3) is 6.18. The number of aromatic nitrogens is 3. The third-order valence-corrected chi connectivity index (χ3v) is 6.32. The summed E-state index contributed by atoms with van der Waals surface area (Å²) in [5.74, 6) is 6.70. The number of carboxylic acids is 1. The van der Waals surface area contributed by atoms with Gasteiger partial charge in [-0.05, 0) is 48.9 Å². The molecule has 5 rings (SSSR count). The number of hydrogen-bond acceptors (Lipinski definition) is 7. The summed E-state index contributed by atoms with van der Waals surface area (Å²) in [4.78, 5) is 17.4. The van der Waals surface area contributed by atoms with Crippen molar-refractivity contribution in [2.75, 3.05) is 19.7 Å². The molecule has 0 amide bonds. The zero-order valence-electron chi connectivity index (χ0n) is 20.9. The predicted octanol–water partition coefficient (Wildman–Crippen LogP) is 3.32. The molecule has 1 aliphatic rings. The molecule has 1 aliphatic heterocycles. The van der Waals surface area contributed by atoms with Crippen LogP contribution in [0.1, 0.15) is 41.2 Å². The van der Waals surface area contributed by atoms with Crippen LogP contribution in [0.3, 0.4) is 0 Å². The van der Waals surface area contributed by atoms with E-state index < -0.39 is 18.2 Å². The van der Waals surface area contributed by atoms with E-state index in [1.807, 2.05) is 59.2 Å². The first-order chi connectivity index (χ1) is 18.4. The van der Waals surface area contributed by atoms with Crippen molar-refractivity contribution in [3.05, 3.63) is 95.2 Å². The summed E-state index contributed by atoms with van der Waals surface area (Å²) in [6, 6.07) is 17.7. The molecule has 2 aromatic heterocycles. The second kappa shape index (κ2) is 11.4. The molecule has 1 fully saturated rings. The summed E-state index contributed by atoms with van der Waals surface area (Å²) in [6.45, 7) is 4.34. The molecule has 2 atom stereocenters. The summed E-state index contributed by atoms with van der Waals surface area (Å²) in [5, 5.41) is 23.2. The Morgan fingerprint density at radius 2 is 1.82 bits per heavy atom. The molecule has 0 aliphatic carbocycles. The number of hydrogen-bond donors (Lipinski definition) is 2. The molecule has 3 heterocycles. The van der Waals surface area contributed by atoms with E-state index in [-0.39, 0.29) is 0 Å². The predicted molar refractivity (Wildman–Crippen MR) is 139 cm³/mol. The van der Waals surface area contributed by atoms with Gasteiger partial charge in [-0.3, -0.25) is 4.90 Å². The monoisotopic (exact) mass is 512 g/mol. The lowest BCUT2D eigenvalue weighted by molar-refractivity contribution is -0.156. The molecule has 38 heavy (non-hydrogen) atoms. The first-order valence-electron chi connectivity index (χ1n) is 12.4. The summed E-state index contributed by atoms with van der Waals surface area (Å²) in [7, 11) is 0. The van der Waals surface area contributed by atoms with Gasteiger partial charge in [-0.25, -0.2) is 9.78 Å². The van der Waals surface area contributed by atoms with Crippen LogP contribution in [0, 0.1) is 11.8 Å². The number of imidazole rings is 1. The fraction of sp³-hybridized carbons (Fsp3) is 0.276. The highest BCUT2D eigenvalue weighted by atomic mass is 16.5. The van der Waals surface area contributed by atoms with Crippen LogP contribution < -0.4 is 0 Å². The normalized spacial score (nSPS) is 16.5. The third-order valence-electron chi connectivity index (χ3n) is 6.32. The molecular formula is C29H28N4O5. The second-order valence-corrected chi connectivity index (χ2v) is 9.23. The number of carboxylic acid groups (broad SMARTS) is 1. The number of aliphatic hydroxyl groups excluding tert-OH is 1. The largest absolute Gasteiger partial charge is 0.479 e. The fourth-order valence-corrected chi connectivity index (χ4v) is 4.33. The lowest BCUT2D eigenvalue weighted by atomic mass is 10.1. The molecule has 194 valence electrons. The van der Waals surface area contributed by atoms with Crippen LogP contribution in [0.4, 0.5) is 0 Å². The van der Waals surface area contributed by atoms with Crippen molar-refractivity contribution in [2.45, 2.75) is 32.2 Å². The standard InChI is InChI=1S/C29H28N4O5/c1-20(34)28-30-12-13-33(28)18-25-16-26(38-31-25)24-10-8-22(9-11-24)3-2-21-4-6-23(7-5-21)17-32-14-15-37-27(19-32)29(35)36/h4-13,16,20,27,34H,14-15,17-19H2,1H3,(H,35,36). The van der Waals surface area contributed by atoms with Crippen LogP contribution >= 0.6 is 0 Å². The van der Waals surface area contributed by atoms with Gasteiger partial charge in [0, 0.05) is 54.8 Å². The van der Waals surface area contributed by atoms with Crippen LogP contribution in [-0.4, -0.2) is 61.6 Å². The maximum atomic E-state index is 11.2. The molecule has 0 bridgehead atoms. The van der Waals surface area contributed by atoms with E-state index in [1.165, 1.54) is 0 Å². The molecule has 0 saturated carbocycles. The van der Waals surface area contributed by atoms with Crippen LogP contribution in [0.2, 0.25) is 0 Å². The maximum Gasteiger partial charge on any atom is 0.334 e. The lowest BCUT2D eigenvalue weighted by Gasteiger charge is -2.30. The van der Waals surface area contributed by atoms with Crippen molar-refractivity contribution in [3.63, 3.8) is 0 Å². The number of morpholine rings is 1. The van der Waals surface area contributed by atoms with E-state index in [1.54, 1.807) is 19.3 Å². The Morgan fingerprint density at radius 3 is 2.50 bits per heavy atom. The molecule has 2 unspecified atom stereocenters. The minimum Gasteiger partial charge on any atom is -0.479 e. The number of aliphatic carboxylic acids is 1. The van der Waals surface area contributed by atoms with Crippen molar-refractivity contribution in [3.8, 4) is 23.2 Å². The molecule has 4 aromatic rings. The van der Waals surface area contributed by atoms with Gasteiger partial charge < -0.3 is 24.0 Å². The van der Waals surface area contributed by atoms with Crippen molar-refractivity contribution in [1.29, 1.82) is 0 Å². The first-order valence-corrected chi connectivity index (χ1v) is 12.4. The van der Waals surface area contributed by atoms with E-state index in [0.29, 0.717) is 44.4 Å². The number of nitrogens with zero attached hydrogens (tertiary/aromatic N) is 4. The Morgan fingerprint density at radius 1 is 1.11 bits per heavy atom. The first kappa shape index (κ1) is 25.4. The van der Waals surface area contributed by atoms with E-state index in [9.17, 15) is 9.90 Å². The highest BCUT2D eigenvalue weighted by Gasteiger charge is 2.26. The zero-order valence-corrected chi connectivity index (χ0v) is 20.9.